The van der Waals surface area contributed by atoms with Gasteiger partial charge in [0.15, 0.2) is 5.76 Å². The predicted octanol–water partition coefficient (Wildman–Crippen LogP) is 3.05. The van der Waals surface area contributed by atoms with Crippen LogP contribution in [0.5, 0.6) is 5.75 Å². The van der Waals surface area contributed by atoms with E-state index in [1.165, 1.54) is 5.56 Å². The highest BCUT2D eigenvalue weighted by atomic mass is 16.5. The molecule has 3 atom stereocenters. The number of carbonyl (C=O) groups is 1. The van der Waals surface area contributed by atoms with Crippen LogP contribution >= 0.6 is 0 Å². The van der Waals surface area contributed by atoms with Gasteiger partial charge in [-0.1, -0.05) is 30.3 Å². The maximum absolute atomic E-state index is 13.6. The maximum Gasteiger partial charge on any atom is 0.287 e. The Morgan fingerprint density at radius 2 is 1.81 bits per heavy atom. The highest BCUT2D eigenvalue weighted by Crippen LogP contribution is 2.43. The maximum atomic E-state index is 13.6. The Morgan fingerprint density at radius 1 is 1.09 bits per heavy atom. The van der Waals surface area contributed by atoms with Crippen molar-refractivity contribution in [2.75, 3.05) is 46.4 Å². The van der Waals surface area contributed by atoms with E-state index in [4.69, 9.17) is 9.15 Å². The Kier molecular flexibility index (Phi) is 4.56. The molecular weight excluding hydrogens is 402 g/mol. The minimum Gasteiger partial charge on any atom is -0.497 e. The van der Waals surface area contributed by atoms with E-state index in [9.17, 15) is 4.79 Å². The molecule has 166 valence electrons. The van der Waals surface area contributed by atoms with E-state index >= 15 is 0 Å². The van der Waals surface area contributed by atoms with Crippen molar-refractivity contribution in [2.24, 2.45) is 5.92 Å². The Bertz CT molecular complexity index is 1160. The van der Waals surface area contributed by atoms with Crippen LogP contribution in [0.15, 0.2) is 52.9 Å². The lowest BCUT2D eigenvalue weighted by Gasteiger charge is -2.55. The SMILES string of the molecule is COc1ccc2c(C)c(C(=O)N[C@@H]3C4CN5CCN(C4)CC3(c3ccccc3)C5)oc2c1. The molecular formula is C26H29N3O3. The number of nitrogens with one attached hydrogen (secondary N) is 1. The highest BCUT2D eigenvalue weighted by Gasteiger charge is 2.55. The van der Waals surface area contributed by atoms with Gasteiger partial charge in [0.2, 0.25) is 0 Å². The number of amides is 1. The lowest BCUT2D eigenvalue weighted by atomic mass is 9.64. The summed E-state index contributed by atoms with van der Waals surface area (Å²) in [6.45, 7) is 8.20. The van der Waals surface area contributed by atoms with Crippen LogP contribution in [0.1, 0.15) is 21.7 Å². The number of piperidine rings is 2. The molecule has 4 saturated heterocycles. The van der Waals surface area contributed by atoms with Gasteiger partial charge in [0, 0.05) is 73.7 Å². The fourth-order valence-electron chi connectivity index (χ4n) is 6.32. The number of nitrogens with zero attached hydrogens (tertiary/aromatic N) is 2. The summed E-state index contributed by atoms with van der Waals surface area (Å²) in [5, 5.41) is 4.41. The minimum absolute atomic E-state index is 0.0742. The van der Waals surface area contributed by atoms with Crippen molar-refractivity contribution >= 4 is 16.9 Å². The second kappa shape index (κ2) is 7.36. The van der Waals surface area contributed by atoms with E-state index < -0.39 is 0 Å². The van der Waals surface area contributed by atoms with Crippen molar-refractivity contribution in [3.05, 3.63) is 65.4 Å². The van der Waals surface area contributed by atoms with Gasteiger partial charge in [-0.3, -0.25) is 4.79 Å². The fourth-order valence-corrected chi connectivity index (χ4v) is 6.32. The number of methoxy groups -OCH3 is 1. The molecule has 1 aromatic heterocycles. The Hall–Kier alpha value is -2.83. The Morgan fingerprint density at radius 3 is 2.50 bits per heavy atom. The Balaban J connectivity index is 1.38. The molecule has 6 nitrogen and oxygen atoms in total. The van der Waals surface area contributed by atoms with Crippen LogP contribution in [0, 0.1) is 12.8 Å². The van der Waals surface area contributed by atoms with Crippen molar-refractivity contribution in [3.8, 4) is 5.75 Å². The first-order chi connectivity index (χ1) is 15.6. The summed E-state index contributed by atoms with van der Waals surface area (Å²) in [7, 11) is 1.63. The van der Waals surface area contributed by atoms with Gasteiger partial charge in [-0.2, -0.15) is 0 Å². The van der Waals surface area contributed by atoms with E-state index in [-0.39, 0.29) is 17.4 Å². The molecule has 1 N–H and O–H groups in total. The van der Waals surface area contributed by atoms with Gasteiger partial charge in [0.25, 0.3) is 5.91 Å². The molecule has 4 aliphatic heterocycles. The molecule has 32 heavy (non-hydrogen) atoms. The first-order valence-corrected chi connectivity index (χ1v) is 11.5. The van der Waals surface area contributed by atoms with E-state index in [1.54, 1.807) is 7.11 Å². The van der Waals surface area contributed by atoms with Crippen molar-refractivity contribution in [2.45, 2.75) is 18.4 Å². The minimum atomic E-state index is -0.117. The third-order valence-electron chi connectivity index (χ3n) is 7.78. The van der Waals surface area contributed by atoms with Crippen LogP contribution in [0.2, 0.25) is 0 Å². The molecule has 4 bridgehead atoms. The number of fused-ring (bicyclic) bond motifs is 2. The summed E-state index contributed by atoms with van der Waals surface area (Å²) in [4.78, 5) is 18.8. The zero-order chi connectivity index (χ0) is 21.9. The fraction of sp³-hybridized carbons (Fsp3) is 0.423. The van der Waals surface area contributed by atoms with Gasteiger partial charge in [-0.05, 0) is 24.6 Å². The lowest BCUT2D eigenvalue weighted by Crippen LogP contribution is -2.70. The molecule has 0 radical (unpaired) electrons. The molecule has 3 aromatic rings. The topological polar surface area (TPSA) is 58.0 Å². The van der Waals surface area contributed by atoms with Crippen molar-refractivity contribution in [1.29, 1.82) is 0 Å². The molecule has 2 aromatic carbocycles. The zero-order valence-electron chi connectivity index (χ0n) is 18.6. The number of hydrogen-bond acceptors (Lipinski definition) is 5. The van der Waals surface area contributed by atoms with Gasteiger partial charge < -0.3 is 24.3 Å². The molecule has 5 heterocycles. The predicted molar refractivity (Wildman–Crippen MR) is 123 cm³/mol. The molecule has 4 aliphatic rings. The monoisotopic (exact) mass is 431 g/mol. The average Bonchev–Trinajstić information content (AvgIpc) is 2.94. The Labute approximate surface area is 188 Å². The van der Waals surface area contributed by atoms with Crippen LogP contribution < -0.4 is 10.1 Å². The normalized spacial score (nSPS) is 30.9. The summed E-state index contributed by atoms with van der Waals surface area (Å²) < 4.78 is 11.4. The first-order valence-electron chi connectivity index (χ1n) is 11.5. The molecule has 7 rings (SSSR count). The van der Waals surface area contributed by atoms with Crippen molar-refractivity contribution < 1.29 is 13.9 Å². The van der Waals surface area contributed by atoms with Crippen LogP contribution in [0.3, 0.4) is 0 Å². The number of aryl methyl sites for hydroxylation is 1. The molecule has 2 unspecified atom stereocenters. The van der Waals surface area contributed by atoms with Crippen LogP contribution in [0.25, 0.3) is 11.0 Å². The number of rotatable bonds is 4. The van der Waals surface area contributed by atoms with E-state index in [0.717, 1.165) is 56.0 Å². The number of benzene rings is 2. The number of ether oxygens (including phenoxy) is 1. The van der Waals surface area contributed by atoms with Crippen LogP contribution in [-0.4, -0.2) is 68.1 Å². The quantitative estimate of drug-likeness (QED) is 0.688. The third kappa shape index (κ3) is 2.97. The standard InChI is InChI=1S/C26H29N3O3/c1-17-21-9-8-20(31-2)12-22(21)32-23(17)25(30)27-24-18-13-28-10-11-29(14-18)16-26(24,15-28)19-6-4-3-5-7-19/h3-9,12,18,24H,10-11,13-16H2,1-2H3,(H,27,30)/t18?,24-,26?/m1/s1. The molecule has 4 fully saturated rings. The highest BCUT2D eigenvalue weighted by molar-refractivity contribution is 5.99. The number of carbonyl (C=O) groups excluding carboxylic acids is 1. The molecule has 0 aliphatic carbocycles. The van der Waals surface area contributed by atoms with Crippen molar-refractivity contribution in [1.82, 2.24) is 15.1 Å². The number of hydrogen-bond donors (Lipinski definition) is 1. The summed E-state index contributed by atoms with van der Waals surface area (Å²) in [6, 6.07) is 16.5. The molecule has 0 saturated carbocycles. The summed E-state index contributed by atoms with van der Waals surface area (Å²) in [5.74, 6) is 1.41. The third-order valence-corrected chi connectivity index (χ3v) is 7.78. The van der Waals surface area contributed by atoms with E-state index in [2.05, 4.69) is 45.4 Å². The zero-order valence-corrected chi connectivity index (χ0v) is 18.6. The van der Waals surface area contributed by atoms with Gasteiger partial charge in [0.05, 0.1) is 7.11 Å². The van der Waals surface area contributed by atoms with Gasteiger partial charge >= 0.3 is 0 Å². The van der Waals surface area contributed by atoms with Gasteiger partial charge in [-0.15, -0.1) is 0 Å². The average molecular weight is 432 g/mol. The lowest BCUT2D eigenvalue weighted by molar-refractivity contribution is 0.0175. The summed E-state index contributed by atoms with van der Waals surface area (Å²) in [5.41, 5.74) is 2.77. The summed E-state index contributed by atoms with van der Waals surface area (Å²) in [6.07, 6.45) is 0. The van der Waals surface area contributed by atoms with E-state index in [0.29, 0.717) is 17.3 Å². The second-order valence-electron chi connectivity index (χ2n) is 9.62. The summed E-state index contributed by atoms with van der Waals surface area (Å²) >= 11 is 0. The van der Waals surface area contributed by atoms with E-state index in [1.807, 2.05) is 25.1 Å². The smallest absolute Gasteiger partial charge is 0.287 e. The molecule has 0 spiro atoms. The van der Waals surface area contributed by atoms with Gasteiger partial charge in [-0.25, -0.2) is 0 Å². The van der Waals surface area contributed by atoms with Crippen LogP contribution in [-0.2, 0) is 5.41 Å². The first kappa shape index (κ1) is 19.8. The number of furan rings is 1. The molecule has 1 amide bonds. The second-order valence-corrected chi connectivity index (χ2v) is 9.62. The largest absolute Gasteiger partial charge is 0.497 e. The van der Waals surface area contributed by atoms with Crippen LogP contribution in [0.4, 0.5) is 0 Å². The van der Waals surface area contributed by atoms with Crippen molar-refractivity contribution in [3.63, 3.8) is 0 Å². The van der Waals surface area contributed by atoms with Gasteiger partial charge in [0.1, 0.15) is 11.3 Å². The molecule has 6 heteroatoms.